The van der Waals surface area contributed by atoms with Crippen LogP contribution in [0.4, 0.5) is 5.82 Å². The van der Waals surface area contributed by atoms with Crippen molar-refractivity contribution in [3.8, 4) is 30.2 Å². The smallest absolute Gasteiger partial charge is 0.318 e. The van der Waals surface area contributed by atoms with Crippen LogP contribution in [0.3, 0.4) is 0 Å². The number of hydrogen-bond acceptors (Lipinski definition) is 11. The number of amides is 1. The molecule has 0 bridgehead atoms. The fraction of sp³-hybridized carbons (Fsp3) is 0.524. The molecule has 7 rings (SSSR count). The highest BCUT2D eigenvalue weighted by atomic mass is 16.5. The zero-order valence-electron chi connectivity index (χ0n) is 31.4. The molecule has 12 heteroatoms. The minimum atomic E-state index is -0.416. The van der Waals surface area contributed by atoms with Gasteiger partial charge in [-0.25, -0.2) is 0 Å². The number of piperazine rings is 1. The van der Waals surface area contributed by atoms with Crippen molar-refractivity contribution in [3.63, 3.8) is 0 Å². The van der Waals surface area contributed by atoms with Crippen molar-refractivity contribution in [2.45, 2.75) is 88.3 Å². The predicted octanol–water partition coefficient (Wildman–Crippen LogP) is 4.64. The van der Waals surface area contributed by atoms with Gasteiger partial charge in [0.1, 0.15) is 18.2 Å². The summed E-state index contributed by atoms with van der Waals surface area (Å²) >= 11 is 0. The van der Waals surface area contributed by atoms with E-state index in [-0.39, 0.29) is 36.8 Å². The van der Waals surface area contributed by atoms with Crippen LogP contribution in [-0.4, -0.2) is 108 Å². The third-order valence-electron chi connectivity index (χ3n) is 11.6. The molecule has 1 aromatic heterocycles. The summed E-state index contributed by atoms with van der Waals surface area (Å²) in [5.74, 6) is 3.55. The number of phenolic OH excluding ortho intramolecular Hbond substituents is 1. The van der Waals surface area contributed by atoms with Crippen molar-refractivity contribution in [1.82, 2.24) is 25.1 Å². The highest BCUT2D eigenvalue weighted by molar-refractivity contribution is 5.92. The first-order valence-corrected chi connectivity index (χ1v) is 19.3. The minimum Gasteiger partial charge on any atom is -0.508 e. The lowest BCUT2D eigenvalue weighted by Gasteiger charge is -2.42. The molecule has 284 valence electrons. The molecule has 4 heterocycles. The second-order valence-electron chi connectivity index (χ2n) is 14.9. The summed E-state index contributed by atoms with van der Waals surface area (Å²) in [6, 6.07) is 12.2. The van der Waals surface area contributed by atoms with Crippen molar-refractivity contribution in [3.05, 3.63) is 64.9 Å². The molecule has 3 aliphatic heterocycles. The van der Waals surface area contributed by atoms with Crippen LogP contribution in [0.1, 0.15) is 73.4 Å². The number of benzene rings is 2. The number of nitrogens with one attached hydrogen (secondary N) is 1. The monoisotopic (exact) mass is 733 g/mol. The number of carbonyl (C=O) groups excluding carboxylic acids is 1. The second kappa shape index (κ2) is 17.2. The summed E-state index contributed by atoms with van der Waals surface area (Å²) in [5.41, 5.74) is 3.21. The van der Waals surface area contributed by atoms with E-state index in [0.29, 0.717) is 63.2 Å². The van der Waals surface area contributed by atoms with Crippen molar-refractivity contribution in [2.24, 2.45) is 0 Å². The Morgan fingerprint density at radius 2 is 2.00 bits per heavy atom. The predicted molar refractivity (Wildman–Crippen MR) is 206 cm³/mol. The van der Waals surface area contributed by atoms with Crippen LogP contribution in [0.5, 0.6) is 11.8 Å². The van der Waals surface area contributed by atoms with E-state index >= 15 is 0 Å². The summed E-state index contributed by atoms with van der Waals surface area (Å²) in [6.07, 6.45) is 16.4. The summed E-state index contributed by atoms with van der Waals surface area (Å²) in [7, 11) is 3.89. The summed E-state index contributed by atoms with van der Waals surface area (Å²) in [6.45, 7) is 3.78. The molecular weight excluding hydrogens is 683 g/mol. The molecule has 0 radical (unpaired) electrons. The average Bonchev–Trinajstić information content (AvgIpc) is 3.61. The molecule has 12 nitrogen and oxygen atoms in total. The molecule has 1 aliphatic carbocycles. The molecule has 3 aromatic rings. The number of carbonyl (C=O) groups is 1. The van der Waals surface area contributed by atoms with E-state index in [1.807, 2.05) is 29.2 Å². The lowest BCUT2D eigenvalue weighted by molar-refractivity contribution is -0.128. The quantitative estimate of drug-likeness (QED) is 0.211. The zero-order chi connectivity index (χ0) is 37.6. The largest absolute Gasteiger partial charge is 0.508 e. The van der Waals surface area contributed by atoms with Gasteiger partial charge in [-0.3, -0.25) is 4.79 Å². The Morgan fingerprint density at radius 3 is 2.76 bits per heavy atom. The lowest BCUT2D eigenvalue weighted by Crippen LogP contribution is -2.55. The summed E-state index contributed by atoms with van der Waals surface area (Å²) < 4.78 is 18.4. The number of aromatic hydroxyl groups is 1. The van der Waals surface area contributed by atoms with E-state index in [4.69, 9.17) is 30.6 Å². The molecular formula is C42H51N7O5. The topological polar surface area (TPSA) is 136 Å². The van der Waals surface area contributed by atoms with E-state index < -0.39 is 6.10 Å². The number of anilines is 1. The Labute approximate surface area is 318 Å². The van der Waals surface area contributed by atoms with Gasteiger partial charge in [-0.1, -0.05) is 24.1 Å². The molecule has 3 fully saturated rings. The van der Waals surface area contributed by atoms with E-state index in [1.54, 1.807) is 25.3 Å². The SMILES string of the molecule is C#Cc1cccc2cc(O)cc([C@@H]3Cc4nc(OC[C@@H]5CCCN5C)nc(N5CCN(C(=O)/C=C/CNC6CCC(OC)CC6)[C@@H](CC#N)C5)c4CO3)c12. The first-order chi connectivity index (χ1) is 26.3. The van der Waals surface area contributed by atoms with Crippen LogP contribution < -0.4 is 15.0 Å². The van der Waals surface area contributed by atoms with E-state index in [9.17, 15) is 15.2 Å². The van der Waals surface area contributed by atoms with Crippen LogP contribution in [0.25, 0.3) is 10.8 Å². The first kappa shape index (κ1) is 37.6. The fourth-order valence-electron chi connectivity index (χ4n) is 8.55. The fourth-order valence-corrected chi connectivity index (χ4v) is 8.55. The number of phenols is 1. The Morgan fingerprint density at radius 1 is 1.15 bits per heavy atom. The van der Waals surface area contributed by atoms with Crippen LogP contribution >= 0.6 is 0 Å². The number of likely N-dealkylation sites (N-methyl/N-ethyl adjacent to an activating group) is 1. The number of nitriles is 1. The Balaban J connectivity index is 1.11. The van der Waals surface area contributed by atoms with Gasteiger partial charge in [-0.15, -0.1) is 6.42 Å². The Kier molecular flexibility index (Phi) is 12.0. The molecule has 1 saturated carbocycles. The van der Waals surface area contributed by atoms with Gasteiger partial charge in [-0.05, 0) is 81.3 Å². The number of terminal acetylenes is 1. The van der Waals surface area contributed by atoms with Gasteiger partial charge in [0, 0.05) is 74.4 Å². The number of rotatable bonds is 11. The van der Waals surface area contributed by atoms with Gasteiger partial charge in [0.05, 0.1) is 43.0 Å². The van der Waals surface area contributed by atoms with Gasteiger partial charge in [0.25, 0.3) is 0 Å². The summed E-state index contributed by atoms with van der Waals surface area (Å²) in [4.78, 5) is 29.7. The number of methoxy groups -OCH3 is 1. The molecule has 0 spiro atoms. The van der Waals surface area contributed by atoms with E-state index in [0.717, 1.165) is 78.2 Å². The molecule has 3 atom stereocenters. The Hall–Kier alpha value is -4.72. The molecule has 0 unspecified atom stereocenters. The number of nitrogens with zero attached hydrogens (tertiary/aromatic N) is 6. The molecule has 1 amide bonds. The molecule has 2 saturated heterocycles. The highest BCUT2D eigenvalue weighted by Crippen LogP contribution is 2.40. The van der Waals surface area contributed by atoms with Crippen LogP contribution in [-0.2, 0) is 27.3 Å². The van der Waals surface area contributed by atoms with Gasteiger partial charge < -0.3 is 39.3 Å². The van der Waals surface area contributed by atoms with Crippen LogP contribution in [0.15, 0.2) is 42.5 Å². The zero-order valence-corrected chi connectivity index (χ0v) is 31.4. The van der Waals surface area contributed by atoms with Crippen molar-refractivity contribution in [2.75, 3.05) is 58.4 Å². The maximum atomic E-state index is 13.5. The third kappa shape index (κ3) is 8.33. The highest BCUT2D eigenvalue weighted by Gasteiger charge is 2.35. The first-order valence-electron chi connectivity index (χ1n) is 19.3. The molecule has 2 N–H and O–H groups in total. The van der Waals surface area contributed by atoms with Gasteiger partial charge in [0.15, 0.2) is 0 Å². The molecule has 54 heavy (non-hydrogen) atoms. The second-order valence-corrected chi connectivity index (χ2v) is 14.9. The standard InChI is InChI=1S/C42H51N7O5/c1-4-28-8-5-9-29-22-33(50)23-35(40(28)29)38-24-37-36(27-53-38)41(46-42(45-37)54-26-32-10-7-19-47(32)2)48-20-21-49(31(25-48)16-17-43)39(51)11-6-18-44-30-12-14-34(52-3)15-13-30/h1,5-6,8-9,11,22-23,30-32,34,38,44,50H,7,10,12-16,18-21,24-27H2,2-3H3/b11-6+/t30?,31-,32-,34?,38-/m0/s1. The number of likely N-dealkylation sites (tertiary alicyclic amines) is 1. The van der Waals surface area contributed by atoms with Gasteiger partial charge in [0.2, 0.25) is 5.91 Å². The number of aromatic nitrogens is 2. The molecule has 2 aromatic carbocycles. The van der Waals surface area contributed by atoms with E-state index in [1.165, 1.54) is 0 Å². The normalized spacial score (nSPS) is 24.7. The Bertz CT molecular complexity index is 1930. The summed E-state index contributed by atoms with van der Waals surface area (Å²) in [5, 5.41) is 25.8. The van der Waals surface area contributed by atoms with Gasteiger partial charge >= 0.3 is 6.01 Å². The maximum absolute atomic E-state index is 13.5. The third-order valence-corrected chi connectivity index (χ3v) is 11.6. The average molecular weight is 734 g/mol. The van der Waals surface area contributed by atoms with E-state index in [2.05, 4.69) is 34.2 Å². The van der Waals surface area contributed by atoms with Crippen LogP contribution in [0, 0.1) is 23.7 Å². The number of ether oxygens (including phenoxy) is 3. The van der Waals surface area contributed by atoms with Crippen molar-refractivity contribution < 1.29 is 24.1 Å². The minimum absolute atomic E-state index is 0.0925. The van der Waals surface area contributed by atoms with Crippen LogP contribution in [0.2, 0.25) is 0 Å². The van der Waals surface area contributed by atoms with Crippen molar-refractivity contribution in [1.29, 1.82) is 5.26 Å². The number of hydrogen-bond donors (Lipinski definition) is 2. The molecule has 4 aliphatic rings. The number of fused-ring (bicyclic) bond motifs is 2. The lowest BCUT2D eigenvalue weighted by atomic mass is 9.92. The van der Waals surface area contributed by atoms with Crippen molar-refractivity contribution >= 4 is 22.5 Å². The van der Waals surface area contributed by atoms with Gasteiger partial charge in [-0.2, -0.15) is 15.2 Å². The maximum Gasteiger partial charge on any atom is 0.318 e.